The van der Waals surface area contributed by atoms with Gasteiger partial charge in [-0.15, -0.1) is 0 Å². The van der Waals surface area contributed by atoms with Crippen LogP contribution in [0.3, 0.4) is 0 Å². The second-order valence-electron chi connectivity index (χ2n) is 13.7. The van der Waals surface area contributed by atoms with E-state index in [4.69, 9.17) is 0 Å². The first-order valence-corrected chi connectivity index (χ1v) is 18.5. The van der Waals surface area contributed by atoms with Crippen LogP contribution in [0.15, 0.2) is 53.4 Å². The smallest absolute Gasteiger partial charge is 0.264 e. The highest BCUT2D eigenvalue weighted by Crippen LogP contribution is 2.33. The number of hydrogen-bond acceptors (Lipinski definition) is 6. The fraction of sp³-hybridized carbons (Fsp3) is 0.611. The van der Waals surface area contributed by atoms with Crippen LogP contribution in [0.25, 0.3) is 0 Å². The van der Waals surface area contributed by atoms with Crippen molar-refractivity contribution >= 4 is 33.2 Å². The molecule has 248 valence electrons. The van der Waals surface area contributed by atoms with Gasteiger partial charge in [-0.1, -0.05) is 70.6 Å². The number of sulfonamides is 1. The molecule has 45 heavy (non-hydrogen) atoms. The number of carbonyl (C=O) groups excluding carboxylic acids is 2. The molecule has 2 fully saturated rings. The number of anilines is 2. The molecule has 2 aromatic rings. The number of rotatable bonds is 14. The van der Waals surface area contributed by atoms with Gasteiger partial charge in [0, 0.05) is 45.2 Å². The summed E-state index contributed by atoms with van der Waals surface area (Å²) >= 11 is 0. The largest absolute Gasteiger partial charge is 0.373 e. The molecule has 0 aliphatic heterocycles. The standard InChI is InChI=1S/C36H54N4O4S/c1-27(2)22-23-39(3)33-21-20-30(24-34(33)40(4)26-28-14-8-5-9-15-28)36(42)37-32(29-16-10-6-11-17-29)25-35(41)38-45(43,44)31-18-12-7-13-19-31/h7,12-13,18-21,24,27-29,32H,5-6,8-11,14-17,22-23,25-26H2,1-4H3,(H,37,42)(H,38,41). The van der Waals surface area contributed by atoms with Gasteiger partial charge in [-0.05, 0) is 80.2 Å². The average molecular weight is 639 g/mol. The summed E-state index contributed by atoms with van der Waals surface area (Å²) in [6.07, 6.45) is 12.4. The summed E-state index contributed by atoms with van der Waals surface area (Å²) in [6, 6.07) is 13.4. The van der Waals surface area contributed by atoms with Crippen molar-refractivity contribution < 1.29 is 18.0 Å². The van der Waals surface area contributed by atoms with E-state index < -0.39 is 22.0 Å². The summed E-state index contributed by atoms with van der Waals surface area (Å²) in [4.78, 5) is 31.6. The van der Waals surface area contributed by atoms with E-state index >= 15 is 0 Å². The Balaban J connectivity index is 1.54. The number of hydrogen-bond donors (Lipinski definition) is 2. The van der Waals surface area contributed by atoms with Crippen molar-refractivity contribution in [3.8, 4) is 0 Å². The predicted octanol–water partition coefficient (Wildman–Crippen LogP) is 6.76. The zero-order valence-electron chi connectivity index (χ0n) is 27.8. The molecular weight excluding hydrogens is 584 g/mol. The zero-order valence-corrected chi connectivity index (χ0v) is 28.6. The maximum Gasteiger partial charge on any atom is 0.264 e. The SMILES string of the molecule is CC(C)CCN(C)c1ccc(C(=O)NC(CC(=O)NS(=O)(=O)c2ccccc2)C2CCCCC2)cc1N(C)CC1CCCCC1. The minimum atomic E-state index is -3.99. The third kappa shape index (κ3) is 10.2. The number of carbonyl (C=O) groups is 2. The van der Waals surface area contributed by atoms with Gasteiger partial charge in [-0.2, -0.15) is 0 Å². The Hall–Kier alpha value is -3.07. The fourth-order valence-corrected chi connectivity index (χ4v) is 7.91. The maximum absolute atomic E-state index is 13.9. The van der Waals surface area contributed by atoms with Crippen molar-refractivity contribution in [3.05, 3.63) is 54.1 Å². The third-order valence-corrected chi connectivity index (χ3v) is 11.0. The average Bonchev–Trinajstić information content (AvgIpc) is 3.04. The quantitative estimate of drug-likeness (QED) is 0.237. The Labute approximate surface area is 271 Å². The summed E-state index contributed by atoms with van der Waals surface area (Å²) in [5, 5.41) is 3.17. The highest BCUT2D eigenvalue weighted by molar-refractivity contribution is 7.90. The van der Waals surface area contributed by atoms with E-state index in [2.05, 4.69) is 53.8 Å². The molecule has 0 saturated heterocycles. The van der Waals surface area contributed by atoms with Crippen molar-refractivity contribution in [1.82, 2.24) is 10.0 Å². The van der Waals surface area contributed by atoms with Crippen LogP contribution < -0.4 is 19.8 Å². The lowest BCUT2D eigenvalue weighted by Crippen LogP contribution is -2.45. The van der Waals surface area contributed by atoms with E-state index in [0.717, 1.165) is 63.0 Å². The van der Waals surface area contributed by atoms with Crippen LogP contribution in [0.2, 0.25) is 0 Å². The molecule has 2 aliphatic rings. The van der Waals surface area contributed by atoms with E-state index in [-0.39, 0.29) is 23.1 Å². The van der Waals surface area contributed by atoms with Crippen LogP contribution in [0, 0.1) is 17.8 Å². The Kier molecular flexibility index (Phi) is 12.7. The third-order valence-electron chi connectivity index (χ3n) is 9.60. The van der Waals surface area contributed by atoms with Crippen LogP contribution in [-0.2, 0) is 14.8 Å². The minimum absolute atomic E-state index is 0.0416. The molecule has 0 spiro atoms. The Morgan fingerprint density at radius 1 is 0.844 bits per heavy atom. The fourth-order valence-electron chi connectivity index (χ4n) is 6.89. The minimum Gasteiger partial charge on any atom is -0.373 e. The Morgan fingerprint density at radius 3 is 2.13 bits per heavy atom. The van der Waals surface area contributed by atoms with E-state index in [1.807, 2.05) is 12.1 Å². The summed E-state index contributed by atoms with van der Waals surface area (Å²) in [7, 11) is 0.265. The van der Waals surface area contributed by atoms with Gasteiger partial charge < -0.3 is 15.1 Å². The van der Waals surface area contributed by atoms with Gasteiger partial charge >= 0.3 is 0 Å². The number of amides is 2. The molecule has 2 aliphatic carbocycles. The lowest BCUT2D eigenvalue weighted by Gasteiger charge is -2.33. The van der Waals surface area contributed by atoms with Crippen molar-refractivity contribution in [2.75, 3.05) is 37.0 Å². The summed E-state index contributed by atoms with van der Waals surface area (Å²) in [5.41, 5.74) is 2.71. The van der Waals surface area contributed by atoms with Crippen molar-refractivity contribution in [2.45, 2.75) is 102 Å². The van der Waals surface area contributed by atoms with Gasteiger partial charge in [0.2, 0.25) is 5.91 Å². The normalized spacial score (nSPS) is 17.1. The molecule has 0 heterocycles. The molecule has 1 atom stereocenters. The van der Waals surface area contributed by atoms with Crippen molar-refractivity contribution in [3.63, 3.8) is 0 Å². The van der Waals surface area contributed by atoms with Gasteiger partial charge in [-0.3, -0.25) is 9.59 Å². The molecular formula is C36H54N4O4S. The molecule has 0 bridgehead atoms. The molecule has 9 heteroatoms. The topological polar surface area (TPSA) is 98.8 Å². The molecule has 8 nitrogen and oxygen atoms in total. The van der Waals surface area contributed by atoms with Gasteiger partial charge in [0.05, 0.1) is 16.3 Å². The Bertz CT molecular complexity index is 1350. The second-order valence-corrected chi connectivity index (χ2v) is 15.4. The molecule has 2 amide bonds. The summed E-state index contributed by atoms with van der Waals surface area (Å²) in [5.74, 6) is 0.523. The molecule has 4 rings (SSSR count). The van der Waals surface area contributed by atoms with Gasteiger partial charge in [0.1, 0.15) is 0 Å². The summed E-state index contributed by atoms with van der Waals surface area (Å²) in [6.45, 7) is 6.35. The number of nitrogens with one attached hydrogen (secondary N) is 2. The lowest BCUT2D eigenvalue weighted by molar-refractivity contribution is -0.120. The molecule has 0 aromatic heterocycles. The first kappa shape index (κ1) is 34.8. The maximum atomic E-state index is 13.9. The van der Waals surface area contributed by atoms with E-state index in [1.165, 1.54) is 44.2 Å². The number of benzene rings is 2. The lowest BCUT2D eigenvalue weighted by atomic mass is 9.82. The second kappa shape index (κ2) is 16.5. The van der Waals surface area contributed by atoms with E-state index in [1.54, 1.807) is 18.2 Å². The number of nitrogens with zero attached hydrogens (tertiary/aromatic N) is 2. The molecule has 2 saturated carbocycles. The van der Waals surface area contributed by atoms with Crippen LogP contribution in [-0.4, -0.2) is 53.5 Å². The van der Waals surface area contributed by atoms with Gasteiger partial charge in [-0.25, -0.2) is 13.1 Å². The first-order valence-electron chi connectivity index (χ1n) is 17.0. The molecule has 0 radical (unpaired) electrons. The highest BCUT2D eigenvalue weighted by Gasteiger charge is 2.30. The monoisotopic (exact) mass is 638 g/mol. The van der Waals surface area contributed by atoms with Gasteiger partial charge in [0.25, 0.3) is 15.9 Å². The molecule has 2 N–H and O–H groups in total. The zero-order chi connectivity index (χ0) is 32.4. The molecule has 2 aromatic carbocycles. The van der Waals surface area contributed by atoms with Crippen molar-refractivity contribution in [1.29, 1.82) is 0 Å². The Morgan fingerprint density at radius 2 is 1.49 bits per heavy atom. The summed E-state index contributed by atoms with van der Waals surface area (Å²) < 4.78 is 27.9. The van der Waals surface area contributed by atoms with Crippen molar-refractivity contribution in [2.24, 2.45) is 17.8 Å². The highest BCUT2D eigenvalue weighted by atomic mass is 32.2. The van der Waals surface area contributed by atoms with Crippen LogP contribution >= 0.6 is 0 Å². The first-order chi connectivity index (χ1) is 21.5. The van der Waals surface area contributed by atoms with E-state index in [9.17, 15) is 18.0 Å². The van der Waals surface area contributed by atoms with Crippen LogP contribution in [0.1, 0.15) is 101 Å². The predicted molar refractivity (Wildman–Crippen MR) is 183 cm³/mol. The van der Waals surface area contributed by atoms with Crippen LogP contribution in [0.5, 0.6) is 0 Å². The van der Waals surface area contributed by atoms with E-state index in [0.29, 0.717) is 17.4 Å². The van der Waals surface area contributed by atoms with Crippen LogP contribution in [0.4, 0.5) is 11.4 Å². The van der Waals surface area contributed by atoms with Gasteiger partial charge in [0.15, 0.2) is 0 Å². The molecule has 1 unspecified atom stereocenters.